The molecule has 6 heteroatoms. The van der Waals surface area contributed by atoms with E-state index in [0.29, 0.717) is 0 Å². The molecule has 0 radical (unpaired) electrons. The predicted molar refractivity (Wildman–Crippen MR) is 122 cm³/mol. The average Bonchev–Trinajstić information content (AvgIpc) is 3.23. The highest BCUT2D eigenvalue weighted by Crippen LogP contribution is 2.57. The highest BCUT2D eigenvalue weighted by Gasteiger charge is 2.56. The number of aryl methyl sites for hydroxylation is 1. The fourth-order valence-electron chi connectivity index (χ4n) is 4.87. The van der Waals surface area contributed by atoms with Crippen LogP contribution in [0, 0.1) is 18.2 Å². The zero-order chi connectivity index (χ0) is 21.9. The van der Waals surface area contributed by atoms with Crippen LogP contribution in [0.2, 0.25) is 0 Å². The summed E-state index contributed by atoms with van der Waals surface area (Å²) in [5, 5.41) is 4.52. The Balaban J connectivity index is 1.32. The molecule has 2 aliphatic heterocycles. The molecule has 5 nitrogen and oxygen atoms in total. The first-order chi connectivity index (χ1) is 15.4. The van der Waals surface area contributed by atoms with Gasteiger partial charge in [0.2, 0.25) is 5.72 Å². The third kappa shape index (κ3) is 3.13. The molecule has 1 atom stereocenters. The van der Waals surface area contributed by atoms with Gasteiger partial charge in [-0.2, -0.15) is 0 Å². The molecule has 32 heavy (non-hydrogen) atoms. The monoisotopic (exact) mass is 428 g/mol. The number of piperidine rings is 1. The van der Waals surface area contributed by atoms with E-state index >= 15 is 0 Å². The summed E-state index contributed by atoms with van der Waals surface area (Å²) >= 11 is 0. The number of halogens is 1. The van der Waals surface area contributed by atoms with Crippen molar-refractivity contribution >= 4 is 11.9 Å². The van der Waals surface area contributed by atoms with Crippen LogP contribution in [0.1, 0.15) is 43.0 Å². The number of rotatable bonds is 3. The summed E-state index contributed by atoms with van der Waals surface area (Å²) in [6.45, 7) is 4.93. The normalized spacial score (nSPS) is 24.4. The first-order valence-corrected chi connectivity index (χ1v) is 11.1. The molecule has 3 heterocycles. The molecule has 3 aliphatic rings. The summed E-state index contributed by atoms with van der Waals surface area (Å²) in [6.07, 6.45) is 9.52. The number of benzene rings is 2. The SMILES string of the molecule is Cc1cn(-c2ccc(/C=C3\CC4(CC4)CN4C3=NOC4(C)c3ccc(F)cc3)cc2)cn1. The van der Waals surface area contributed by atoms with Gasteiger partial charge in [-0.05, 0) is 73.1 Å². The Labute approximate surface area is 186 Å². The van der Waals surface area contributed by atoms with Crippen LogP contribution < -0.4 is 0 Å². The lowest BCUT2D eigenvalue weighted by atomic mass is 9.86. The molecule has 2 fully saturated rings. The minimum absolute atomic E-state index is 0.247. The number of imidazole rings is 1. The summed E-state index contributed by atoms with van der Waals surface area (Å²) in [5.74, 6) is 0.646. The highest BCUT2D eigenvalue weighted by atomic mass is 19.1. The Morgan fingerprint density at radius 2 is 1.81 bits per heavy atom. The van der Waals surface area contributed by atoms with Gasteiger partial charge >= 0.3 is 0 Å². The second-order valence-electron chi connectivity index (χ2n) is 9.44. The lowest BCUT2D eigenvalue weighted by Gasteiger charge is -2.41. The van der Waals surface area contributed by atoms with Crippen molar-refractivity contribution in [3.8, 4) is 5.69 Å². The summed E-state index contributed by atoms with van der Waals surface area (Å²) in [5.41, 5.74) is 4.89. The number of fused-ring (bicyclic) bond motifs is 1. The number of oxime groups is 1. The van der Waals surface area contributed by atoms with Crippen LogP contribution in [-0.4, -0.2) is 26.8 Å². The van der Waals surface area contributed by atoms with Crippen molar-refractivity contribution in [1.82, 2.24) is 14.5 Å². The van der Waals surface area contributed by atoms with Gasteiger partial charge in [0.05, 0.1) is 12.0 Å². The van der Waals surface area contributed by atoms with Crippen molar-refractivity contribution in [2.75, 3.05) is 6.54 Å². The quantitative estimate of drug-likeness (QED) is 0.561. The molecule has 1 saturated carbocycles. The number of nitrogens with zero attached hydrogens (tertiary/aromatic N) is 4. The standard InChI is InChI=1S/C26H25FN4O/c1-18-15-30(17-28-18)23-9-3-19(4-10-23)13-20-14-26(11-12-26)16-31-24(20)29-32-25(31,2)21-5-7-22(27)8-6-21/h3-10,13,15,17H,11-12,14,16H2,1-2H3/b20-13+. The second-order valence-corrected chi connectivity index (χ2v) is 9.44. The zero-order valence-corrected chi connectivity index (χ0v) is 18.3. The van der Waals surface area contributed by atoms with Gasteiger partial charge in [0.25, 0.3) is 0 Å². The third-order valence-electron chi connectivity index (χ3n) is 7.01. The molecule has 1 unspecified atom stereocenters. The number of aromatic nitrogens is 2. The zero-order valence-electron chi connectivity index (χ0n) is 18.3. The first kappa shape index (κ1) is 19.3. The van der Waals surface area contributed by atoms with Crippen LogP contribution in [-0.2, 0) is 10.6 Å². The predicted octanol–water partition coefficient (Wildman–Crippen LogP) is 5.41. The van der Waals surface area contributed by atoms with Gasteiger partial charge < -0.3 is 14.3 Å². The minimum Gasteiger partial charge on any atom is -0.360 e. The van der Waals surface area contributed by atoms with Crippen LogP contribution in [0.4, 0.5) is 4.39 Å². The minimum atomic E-state index is -0.721. The Morgan fingerprint density at radius 3 is 2.47 bits per heavy atom. The van der Waals surface area contributed by atoms with Gasteiger partial charge in [-0.15, -0.1) is 0 Å². The van der Waals surface area contributed by atoms with E-state index in [-0.39, 0.29) is 11.2 Å². The van der Waals surface area contributed by atoms with Crippen LogP contribution >= 0.6 is 0 Å². The summed E-state index contributed by atoms with van der Waals surface area (Å²) in [6, 6.07) is 15.0. The fraction of sp³-hybridized carbons (Fsp3) is 0.308. The highest BCUT2D eigenvalue weighted by molar-refractivity contribution is 6.04. The Hall–Kier alpha value is -3.41. The van der Waals surface area contributed by atoms with Gasteiger partial charge in [0.1, 0.15) is 5.82 Å². The molecule has 0 N–H and O–H groups in total. The number of hydrogen-bond donors (Lipinski definition) is 0. The Bertz CT molecular complexity index is 1240. The van der Waals surface area contributed by atoms with Gasteiger partial charge in [-0.3, -0.25) is 0 Å². The van der Waals surface area contributed by atoms with Crippen molar-refractivity contribution in [3.63, 3.8) is 0 Å². The maximum absolute atomic E-state index is 13.5. The smallest absolute Gasteiger partial charge is 0.234 e. The number of hydrogen-bond acceptors (Lipinski definition) is 4. The Morgan fingerprint density at radius 1 is 1.06 bits per heavy atom. The van der Waals surface area contributed by atoms with E-state index in [1.165, 1.54) is 30.5 Å². The van der Waals surface area contributed by atoms with Crippen molar-refractivity contribution in [3.05, 3.63) is 89.3 Å². The van der Waals surface area contributed by atoms with E-state index in [0.717, 1.165) is 41.3 Å². The van der Waals surface area contributed by atoms with Gasteiger partial charge in [-0.1, -0.05) is 29.4 Å². The van der Waals surface area contributed by atoms with Crippen molar-refractivity contribution in [1.29, 1.82) is 0 Å². The fourth-order valence-corrected chi connectivity index (χ4v) is 4.87. The second kappa shape index (κ2) is 6.79. The summed E-state index contributed by atoms with van der Waals surface area (Å²) in [7, 11) is 0. The van der Waals surface area contributed by atoms with Gasteiger partial charge in [0.15, 0.2) is 5.84 Å². The molecule has 0 amide bonds. The maximum atomic E-state index is 13.5. The van der Waals surface area contributed by atoms with E-state index in [2.05, 4.69) is 45.4 Å². The third-order valence-corrected chi connectivity index (χ3v) is 7.01. The molecular formula is C26H25FN4O. The van der Waals surface area contributed by atoms with E-state index in [1.54, 1.807) is 12.1 Å². The maximum Gasteiger partial charge on any atom is 0.234 e. The lowest BCUT2D eigenvalue weighted by molar-refractivity contribution is -0.0968. The van der Waals surface area contributed by atoms with Crippen molar-refractivity contribution < 1.29 is 9.23 Å². The van der Waals surface area contributed by atoms with Gasteiger partial charge in [0, 0.05) is 30.9 Å². The molecule has 0 bridgehead atoms. The molecule has 1 saturated heterocycles. The van der Waals surface area contributed by atoms with Crippen LogP contribution in [0.5, 0.6) is 0 Å². The van der Waals surface area contributed by atoms with Gasteiger partial charge in [-0.25, -0.2) is 9.37 Å². The van der Waals surface area contributed by atoms with Crippen molar-refractivity contribution in [2.45, 2.75) is 38.8 Å². The van der Waals surface area contributed by atoms with E-state index in [1.807, 2.05) is 30.9 Å². The molecule has 162 valence electrons. The molecule has 1 aliphatic carbocycles. The molecule has 1 aromatic heterocycles. The van der Waals surface area contributed by atoms with E-state index in [4.69, 9.17) is 4.84 Å². The first-order valence-electron chi connectivity index (χ1n) is 11.1. The number of amidine groups is 1. The molecular weight excluding hydrogens is 403 g/mol. The van der Waals surface area contributed by atoms with Crippen LogP contribution in [0.3, 0.4) is 0 Å². The summed E-state index contributed by atoms with van der Waals surface area (Å²) in [4.78, 5) is 12.6. The van der Waals surface area contributed by atoms with E-state index in [9.17, 15) is 4.39 Å². The summed E-state index contributed by atoms with van der Waals surface area (Å²) < 4.78 is 15.5. The molecule has 3 aromatic rings. The van der Waals surface area contributed by atoms with Crippen LogP contribution in [0.15, 0.2) is 71.8 Å². The van der Waals surface area contributed by atoms with E-state index < -0.39 is 5.72 Å². The lowest BCUT2D eigenvalue weighted by Crippen LogP contribution is -2.50. The molecule has 2 aromatic carbocycles. The largest absolute Gasteiger partial charge is 0.360 e. The van der Waals surface area contributed by atoms with Crippen molar-refractivity contribution in [2.24, 2.45) is 10.6 Å². The van der Waals surface area contributed by atoms with Crippen LogP contribution in [0.25, 0.3) is 11.8 Å². The topological polar surface area (TPSA) is 42.7 Å². The Kier molecular flexibility index (Phi) is 4.09. The molecule has 1 spiro atoms. The average molecular weight is 429 g/mol. The molecule has 6 rings (SSSR count).